The molecule has 1 aliphatic heterocycles. The molecule has 1 fully saturated rings. The van der Waals surface area contributed by atoms with Crippen molar-refractivity contribution in [2.24, 2.45) is 0 Å². The molecule has 0 aliphatic carbocycles. The van der Waals surface area contributed by atoms with E-state index in [0.29, 0.717) is 17.2 Å². The number of amides is 1. The molecule has 0 spiro atoms. The largest absolute Gasteiger partial charge is 0.478 e. The monoisotopic (exact) mass is 375 g/mol. The number of carbonyl (C=O) groups excluding carboxylic acids is 1. The Bertz CT molecular complexity index is 1010. The number of hydrogen-bond donors (Lipinski definition) is 1. The highest BCUT2D eigenvalue weighted by Gasteiger charge is 2.27. The average molecular weight is 375 g/mol. The molecular formula is C22H21N3O3. The van der Waals surface area contributed by atoms with Crippen molar-refractivity contribution in [3.05, 3.63) is 83.2 Å². The lowest BCUT2D eigenvalue weighted by atomic mass is 9.99. The second-order valence-corrected chi connectivity index (χ2v) is 7.05. The normalized spacial score (nSPS) is 16.3. The van der Waals surface area contributed by atoms with Crippen molar-refractivity contribution >= 4 is 11.9 Å². The van der Waals surface area contributed by atoms with Crippen molar-refractivity contribution in [1.82, 2.24) is 14.7 Å². The highest BCUT2D eigenvalue weighted by molar-refractivity contribution is 5.94. The summed E-state index contributed by atoms with van der Waals surface area (Å²) in [4.78, 5) is 25.9. The van der Waals surface area contributed by atoms with Gasteiger partial charge in [-0.15, -0.1) is 0 Å². The zero-order valence-electron chi connectivity index (χ0n) is 15.6. The Morgan fingerprint density at radius 3 is 2.43 bits per heavy atom. The van der Waals surface area contributed by atoms with Crippen LogP contribution in [0.25, 0.3) is 5.69 Å². The molecule has 6 nitrogen and oxygen atoms in total. The average Bonchev–Trinajstić information content (AvgIpc) is 3.35. The fraction of sp³-hybridized carbons (Fsp3) is 0.227. The van der Waals surface area contributed by atoms with Crippen molar-refractivity contribution in [1.29, 1.82) is 0 Å². The van der Waals surface area contributed by atoms with Crippen LogP contribution in [0.3, 0.4) is 0 Å². The van der Waals surface area contributed by atoms with Gasteiger partial charge in [-0.3, -0.25) is 4.79 Å². The van der Waals surface area contributed by atoms with E-state index < -0.39 is 5.97 Å². The molecule has 0 unspecified atom stereocenters. The first-order chi connectivity index (χ1) is 13.5. The van der Waals surface area contributed by atoms with Crippen LogP contribution in [0, 0.1) is 6.92 Å². The first-order valence-electron chi connectivity index (χ1n) is 9.27. The van der Waals surface area contributed by atoms with Gasteiger partial charge in [-0.1, -0.05) is 30.3 Å². The van der Waals surface area contributed by atoms with Crippen LogP contribution in [-0.2, 0) is 0 Å². The summed E-state index contributed by atoms with van der Waals surface area (Å²) in [5, 5.41) is 13.3. The maximum absolute atomic E-state index is 12.9. The van der Waals surface area contributed by atoms with E-state index >= 15 is 0 Å². The molecule has 1 atom stereocenters. The third-order valence-corrected chi connectivity index (χ3v) is 5.35. The Balaban J connectivity index is 1.48. The van der Waals surface area contributed by atoms with E-state index in [-0.39, 0.29) is 11.5 Å². The summed E-state index contributed by atoms with van der Waals surface area (Å²) in [5.41, 5.74) is 3.35. The van der Waals surface area contributed by atoms with Crippen molar-refractivity contribution in [2.75, 3.05) is 13.1 Å². The highest BCUT2D eigenvalue weighted by Crippen LogP contribution is 2.28. The SMILES string of the molecule is Cc1c(C(=O)O)cnn1-c1ccc(C(=O)N2CC[C@H](c3ccccc3)C2)cc1. The first-order valence-corrected chi connectivity index (χ1v) is 9.27. The second kappa shape index (κ2) is 7.31. The molecule has 2 heterocycles. The molecule has 0 radical (unpaired) electrons. The number of aromatic carboxylic acids is 1. The lowest BCUT2D eigenvalue weighted by Crippen LogP contribution is -2.28. The summed E-state index contributed by atoms with van der Waals surface area (Å²) in [5.74, 6) is -0.600. The molecule has 1 amide bonds. The Morgan fingerprint density at radius 1 is 1.07 bits per heavy atom. The minimum absolute atomic E-state index is 0.0217. The summed E-state index contributed by atoms with van der Waals surface area (Å²) in [6.07, 6.45) is 2.31. The van der Waals surface area contributed by atoms with E-state index in [2.05, 4.69) is 17.2 Å². The maximum atomic E-state index is 12.9. The van der Waals surface area contributed by atoms with E-state index in [4.69, 9.17) is 5.11 Å². The molecule has 1 aliphatic rings. The lowest BCUT2D eigenvalue weighted by Gasteiger charge is -2.17. The topological polar surface area (TPSA) is 75.4 Å². The predicted octanol–water partition coefficient (Wildman–Crippen LogP) is 3.51. The zero-order chi connectivity index (χ0) is 19.7. The van der Waals surface area contributed by atoms with Gasteiger partial charge < -0.3 is 10.0 Å². The van der Waals surface area contributed by atoms with Crippen molar-refractivity contribution in [3.8, 4) is 5.69 Å². The maximum Gasteiger partial charge on any atom is 0.339 e. The van der Waals surface area contributed by atoms with Gasteiger partial charge in [0.15, 0.2) is 0 Å². The van der Waals surface area contributed by atoms with Crippen molar-refractivity contribution in [2.45, 2.75) is 19.3 Å². The highest BCUT2D eigenvalue weighted by atomic mass is 16.4. The van der Waals surface area contributed by atoms with Crippen molar-refractivity contribution in [3.63, 3.8) is 0 Å². The molecule has 3 aromatic rings. The molecule has 142 valence electrons. The molecule has 0 saturated carbocycles. The lowest BCUT2D eigenvalue weighted by molar-refractivity contribution is 0.0695. The number of carboxylic acids is 1. The molecular weight excluding hydrogens is 354 g/mol. The van der Waals surface area contributed by atoms with Gasteiger partial charge in [-0.05, 0) is 43.2 Å². The second-order valence-electron chi connectivity index (χ2n) is 7.05. The van der Waals surface area contributed by atoms with Crippen LogP contribution in [0.2, 0.25) is 0 Å². The number of benzene rings is 2. The summed E-state index contributed by atoms with van der Waals surface area (Å²) in [7, 11) is 0. The molecule has 6 heteroatoms. The molecule has 2 aromatic carbocycles. The number of carbonyl (C=O) groups is 2. The van der Waals surface area contributed by atoms with Crippen LogP contribution in [0.15, 0.2) is 60.8 Å². The van der Waals surface area contributed by atoms with E-state index in [9.17, 15) is 9.59 Å². The number of likely N-dealkylation sites (tertiary alicyclic amines) is 1. The third kappa shape index (κ3) is 3.29. The first kappa shape index (κ1) is 18.0. The summed E-state index contributed by atoms with van der Waals surface area (Å²) in [6.45, 7) is 3.19. The number of aromatic nitrogens is 2. The van der Waals surface area contributed by atoms with Crippen molar-refractivity contribution < 1.29 is 14.7 Å². The van der Waals surface area contributed by atoms with E-state index in [0.717, 1.165) is 25.2 Å². The van der Waals surface area contributed by atoms with Gasteiger partial charge in [-0.2, -0.15) is 5.10 Å². The van der Waals surface area contributed by atoms with E-state index in [1.165, 1.54) is 11.8 Å². The number of rotatable bonds is 4. The number of nitrogens with zero attached hydrogens (tertiary/aromatic N) is 3. The van der Waals surface area contributed by atoms with E-state index in [1.54, 1.807) is 35.9 Å². The van der Waals surface area contributed by atoms with E-state index in [1.807, 2.05) is 23.1 Å². The minimum atomic E-state index is -1.00. The Kier molecular flexibility index (Phi) is 4.69. The van der Waals surface area contributed by atoms with Gasteiger partial charge in [0.25, 0.3) is 5.91 Å². The summed E-state index contributed by atoms with van der Waals surface area (Å²) < 4.78 is 1.57. The minimum Gasteiger partial charge on any atom is -0.478 e. The quantitative estimate of drug-likeness (QED) is 0.757. The fourth-order valence-electron chi connectivity index (χ4n) is 3.75. The van der Waals surface area contributed by atoms with Gasteiger partial charge in [0.2, 0.25) is 0 Å². The van der Waals surface area contributed by atoms with Crippen LogP contribution in [0.1, 0.15) is 44.3 Å². The van der Waals surface area contributed by atoms with Gasteiger partial charge >= 0.3 is 5.97 Å². The van der Waals surface area contributed by atoms with Crippen LogP contribution in [-0.4, -0.2) is 44.8 Å². The predicted molar refractivity (Wildman–Crippen MR) is 105 cm³/mol. The van der Waals surface area contributed by atoms with Gasteiger partial charge in [0, 0.05) is 24.6 Å². The van der Waals surface area contributed by atoms with Gasteiger partial charge in [0.1, 0.15) is 5.56 Å². The number of hydrogen-bond acceptors (Lipinski definition) is 3. The smallest absolute Gasteiger partial charge is 0.339 e. The van der Waals surface area contributed by atoms with Gasteiger partial charge in [-0.25, -0.2) is 9.48 Å². The summed E-state index contributed by atoms with van der Waals surface area (Å²) >= 11 is 0. The molecule has 1 saturated heterocycles. The standard InChI is InChI=1S/C22H21N3O3/c1-15-20(22(27)28)13-23-25(15)19-9-7-17(8-10-19)21(26)24-12-11-18(14-24)16-5-3-2-4-6-16/h2-10,13,18H,11-12,14H2,1H3,(H,27,28)/t18-/m0/s1. The molecule has 0 bridgehead atoms. The molecule has 4 rings (SSSR count). The Hall–Kier alpha value is -3.41. The molecule has 1 N–H and O–H groups in total. The zero-order valence-corrected chi connectivity index (χ0v) is 15.6. The summed E-state index contributed by atoms with van der Waals surface area (Å²) in [6, 6.07) is 17.4. The van der Waals surface area contributed by atoms with Crippen LogP contribution >= 0.6 is 0 Å². The van der Waals surface area contributed by atoms with Crippen LogP contribution in [0.5, 0.6) is 0 Å². The van der Waals surface area contributed by atoms with Crippen LogP contribution in [0.4, 0.5) is 0 Å². The molecule has 28 heavy (non-hydrogen) atoms. The fourth-order valence-corrected chi connectivity index (χ4v) is 3.75. The number of carboxylic acid groups (broad SMARTS) is 1. The Labute approximate surface area is 163 Å². The molecule has 1 aromatic heterocycles. The Morgan fingerprint density at radius 2 is 1.79 bits per heavy atom. The van der Waals surface area contributed by atoms with Crippen LogP contribution < -0.4 is 0 Å². The third-order valence-electron chi connectivity index (χ3n) is 5.35. The van der Waals surface area contributed by atoms with Gasteiger partial charge in [0.05, 0.1) is 17.6 Å².